The maximum absolute atomic E-state index is 10.8. The summed E-state index contributed by atoms with van der Waals surface area (Å²) < 4.78 is 5.33. The number of nitrogens with two attached hydrogens (primary N) is 1. The van der Waals surface area contributed by atoms with Crippen molar-refractivity contribution in [3.63, 3.8) is 0 Å². The van der Waals surface area contributed by atoms with Crippen LogP contribution in [-0.2, 0) is 4.79 Å². The van der Waals surface area contributed by atoms with E-state index < -0.39 is 12.0 Å². The molecule has 1 aromatic heterocycles. The monoisotopic (exact) mass is 368 g/mol. The lowest BCUT2D eigenvalue weighted by Crippen LogP contribution is -2.26. The Morgan fingerprint density at radius 3 is 2.69 bits per heavy atom. The van der Waals surface area contributed by atoms with Gasteiger partial charge in [-0.15, -0.1) is 11.8 Å². The minimum absolute atomic E-state index is 0.0507. The van der Waals surface area contributed by atoms with Crippen LogP contribution in [0.1, 0.15) is 6.42 Å². The van der Waals surface area contributed by atoms with Crippen molar-refractivity contribution in [2.24, 2.45) is 5.73 Å². The highest BCUT2D eigenvalue weighted by Gasteiger charge is 2.13. The Hall–Kier alpha value is -2.57. The first-order valence-electron chi connectivity index (χ1n) is 8.21. The molecule has 0 fully saturated rings. The fourth-order valence-electron chi connectivity index (χ4n) is 2.66. The van der Waals surface area contributed by atoms with Crippen molar-refractivity contribution in [3.05, 3.63) is 54.6 Å². The standard InChI is InChI=1S/C20H20N2O3S/c1-25-15-7-8-17-16(10-15)19(26-12-14(21)9-20(23)24)11-18(22-17)13-5-3-2-4-6-13/h2-8,10-11,14H,9,12,21H2,1H3,(H,23,24)/t14-/m0/s1. The maximum atomic E-state index is 10.8. The lowest BCUT2D eigenvalue weighted by molar-refractivity contribution is -0.137. The lowest BCUT2D eigenvalue weighted by atomic mass is 10.1. The molecule has 0 saturated heterocycles. The number of benzene rings is 2. The molecule has 1 atom stereocenters. The van der Waals surface area contributed by atoms with Crippen molar-refractivity contribution in [3.8, 4) is 17.0 Å². The summed E-state index contributed by atoms with van der Waals surface area (Å²) in [5, 5.41) is 9.87. The molecule has 0 saturated carbocycles. The normalized spacial score (nSPS) is 12.1. The van der Waals surface area contributed by atoms with Crippen LogP contribution in [0.15, 0.2) is 59.5 Å². The summed E-state index contributed by atoms with van der Waals surface area (Å²) in [6.07, 6.45) is -0.0507. The fraction of sp³-hybridized carbons (Fsp3) is 0.200. The second kappa shape index (κ2) is 8.21. The molecule has 1 heterocycles. The third kappa shape index (κ3) is 4.33. The Labute approximate surface area is 156 Å². The van der Waals surface area contributed by atoms with Crippen LogP contribution < -0.4 is 10.5 Å². The van der Waals surface area contributed by atoms with Crippen molar-refractivity contribution in [1.82, 2.24) is 4.98 Å². The molecular weight excluding hydrogens is 348 g/mol. The smallest absolute Gasteiger partial charge is 0.304 e. The van der Waals surface area contributed by atoms with Gasteiger partial charge in [-0.25, -0.2) is 4.98 Å². The van der Waals surface area contributed by atoms with Crippen LogP contribution in [0.4, 0.5) is 0 Å². The molecule has 0 aliphatic rings. The Kier molecular flexibility index (Phi) is 5.75. The topological polar surface area (TPSA) is 85.4 Å². The molecule has 6 heteroatoms. The van der Waals surface area contributed by atoms with Crippen LogP contribution in [0.3, 0.4) is 0 Å². The number of hydrogen-bond donors (Lipinski definition) is 2. The minimum Gasteiger partial charge on any atom is -0.497 e. The van der Waals surface area contributed by atoms with E-state index in [0.717, 1.165) is 32.8 Å². The van der Waals surface area contributed by atoms with E-state index in [4.69, 9.17) is 20.6 Å². The number of nitrogens with zero attached hydrogens (tertiary/aromatic N) is 1. The van der Waals surface area contributed by atoms with E-state index >= 15 is 0 Å². The molecule has 5 nitrogen and oxygen atoms in total. The largest absolute Gasteiger partial charge is 0.497 e. The molecule has 0 aliphatic heterocycles. The molecule has 0 spiro atoms. The zero-order valence-corrected chi connectivity index (χ0v) is 15.2. The zero-order chi connectivity index (χ0) is 18.5. The average Bonchev–Trinajstić information content (AvgIpc) is 2.65. The highest BCUT2D eigenvalue weighted by Crippen LogP contribution is 2.33. The number of aromatic nitrogens is 1. The predicted octanol–water partition coefficient (Wildman–Crippen LogP) is 3.80. The van der Waals surface area contributed by atoms with Crippen LogP contribution in [0.2, 0.25) is 0 Å². The van der Waals surface area contributed by atoms with Gasteiger partial charge in [0.1, 0.15) is 5.75 Å². The van der Waals surface area contributed by atoms with Gasteiger partial charge in [0.25, 0.3) is 0 Å². The first kappa shape index (κ1) is 18.2. The van der Waals surface area contributed by atoms with Crippen molar-refractivity contribution in [2.75, 3.05) is 12.9 Å². The Morgan fingerprint density at radius 2 is 2.00 bits per heavy atom. The van der Waals surface area contributed by atoms with Gasteiger partial charge in [-0.1, -0.05) is 30.3 Å². The van der Waals surface area contributed by atoms with E-state index in [1.165, 1.54) is 0 Å². The minimum atomic E-state index is -0.885. The summed E-state index contributed by atoms with van der Waals surface area (Å²) in [6, 6.07) is 17.3. The van der Waals surface area contributed by atoms with Crippen LogP contribution in [0.5, 0.6) is 5.75 Å². The van der Waals surface area contributed by atoms with E-state index in [-0.39, 0.29) is 6.42 Å². The number of hydrogen-bond acceptors (Lipinski definition) is 5. The van der Waals surface area contributed by atoms with Crippen LogP contribution in [-0.4, -0.2) is 35.0 Å². The van der Waals surface area contributed by atoms with Gasteiger partial charge in [0.05, 0.1) is 24.7 Å². The Morgan fingerprint density at radius 1 is 1.23 bits per heavy atom. The predicted molar refractivity (Wildman–Crippen MR) is 105 cm³/mol. The number of pyridine rings is 1. The lowest BCUT2D eigenvalue weighted by Gasteiger charge is -2.13. The molecular formula is C20H20N2O3S. The van der Waals surface area contributed by atoms with Gasteiger partial charge in [-0.2, -0.15) is 0 Å². The molecule has 3 aromatic rings. The molecule has 3 N–H and O–H groups in total. The number of carboxylic acids is 1. The zero-order valence-electron chi connectivity index (χ0n) is 14.4. The molecule has 0 bridgehead atoms. The van der Waals surface area contributed by atoms with Crippen molar-refractivity contribution in [1.29, 1.82) is 0 Å². The number of fused-ring (bicyclic) bond motifs is 1. The van der Waals surface area contributed by atoms with E-state index in [0.29, 0.717) is 5.75 Å². The number of rotatable bonds is 7. The first-order valence-corrected chi connectivity index (χ1v) is 9.20. The van der Waals surface area contributed by atoms with Crippen LogP contribution >= 0.6 is 11.8 Å². The molecule has 134 valence electrons. The van der Waals surface area contributed by atoms with Crippen LogP contribution in [0.25, 0.3) is 22.2 Å². The molecule has 3 rings (SSSR count). The van der Waals surface area contributed by atoms with Gasteiger partial charge in [-0.3, -0.25) is 4.79 Å². The Bertz CT molecular complexity index is 916. The number of carbonyl (C=O) groups is 1. The van der Waals surface area contributed by atoms with E-state index in [9.17, 15) is 4.79 Å². The van der Waals surface area contributed by atoms with Crippen LogP contribution in [0, 0.1) is 0 Å². The fourth-order valence-corrected chi connectivity index (χ4v) is 3.68. The van der Waals surface area contributed by atoms with E-state index in [1.807, 2.05) is 54.6 Å². The van der Waals surface area contributed by atoms with Gasteiger partial charge in [0, 0.05) is 27.6 Å². The van der Waals surface area contributed by atoms with Gasteiger partial charge < -0.3 is 15.6 Å². The number of carboxylic acid groups (broad SMARTS) is 1. The summed E-state index contributed by atoms with van der Waals surface area (Å²) in [5.41, 5.74) is 8.69. The highest BCUT2D eigenvalue weighted by molar-refractivity contribution is 7.99. The highest BCUT2D eigenvalue weighted by atomic mass is 32.2. The van der Waals surface area contributed by atoms with Crippen molar-refractivity contribution < 1.29 is 14.6 Å². The molecule has 2 aromatic carbocycles. The summed E-state index contributed by atoms with van der Waals surface area (Å²) in [5.74, 6) is 0.379. The summed E-state index contributed by atoms with van der Waals surface area (Å²) >= 11 is 1.54. The number of aliphatic carboxylic acids is 1. The van der Waals surface area contributed by atoms with E-state index in [1.54, 1.807) is 18.9 Å². The Balaban J connectivity index is 2.00. The van der Waals surface area contributed by atoms with Crippen molar-refractivity contribution in [2.45, 2.75) is 17.4 Å². The molecule has 0 aliphatic carbocycles. The third-order valence-electron chi connectivity index (χ3n) is 3.94. The van der Waals surface area contributed by atoms with Gasteiger partial charge in [0.2, 0.25) is 0 Å². The molecule has 0 amide bonds. The average molecular weight is 368 g/mol. The molecule has 0 radical (unpaired) electrons. The number of methoxy groups -OCH3 is 1. The molecule has 26 heavy (non-hydrogen) atoms. The number of thioether (sulfide) groups is 1. The summed E-state index contributed by atoms with van der Waals surface area (Å²) in [4.78, 5) is 16.6. The SMILES string of the molecule is COc1ccc2nc(-c3ccccc3)cc(SC[C@@H](N)CC(=O)O)c2c1. The third-order valence-corrected chi connectivity index (χ3v) is 5.18. The summed E-state index contributed by atoms with van der Waals surface area (Å²) in [6.45, 7) is 0. The van der Waals surface area contributed by atoms with Crippen molar-refractivity contribution >= 4 is 28.6 Å². The van der Waals surface area contributed by atoms with Gasteiger partial charge in [0.15, 0.2) is 0 Å². The quantitative estimate of drug-likeness (QED) is 0.617. The second-order valence-corrected chi connectivity index (χ2v) is 6.99. The number of ether oxygens (including phenoxy) is 1. The second-order valence-electron chi connectivity index (χ2n) is 5.92. The van der Waals surface area contributed by atoms with E-state index in [2.05, 4.69) is 0 Å². The van der Waals surface area contributed by atoms with Gasteiger partial charge >= 0.3 is 5.97 Å². The first-order chi connectivity index (χ1) is 12.6. The molecule has 0 unspecified atom stereocenters. The van der Waals surface area contributed by atoms with Gasteiger partial charge in [-0.05, 0) is 24.3 Å². The maximum Gasteiger partial charge on any atom is 0.304 e. The summed E-state index contributed by atoms with van der Waals surface area (Å²) in [7, 11) is 1.63.